The predicted molar refractivity (Wildman–Crippen MR) is 75.9 cm³/mol. The molecule has 3 N–H and O–H groups in total. The van der Waals surface area contributed by atoms with Crippen molar-refractivity contribution in [3.63, 3.8) is 0 Å². The van der Waals surface area contributed by atoms with E-state index in [2.05, 4.69) is 9.88 Å². The fourth-order valence-electron chi connectivity index (χ4n) is 1.73. The van der Waals surface area contributed by atoms with Gasteiger partial charge in [-0.25, -0.2) is 13.1 Å². The van der Waals surface area contributed by atoms with E-state index in [0.29, 0.717) is 22.7 Å². The molecule has 8 heteroatoms. The lowest BCUT2D eigenvalue weighted by Crippen LogP contribution is -2.24. The number of hydrogen-bond donors (Lipinski definition) is 2. The Hall–Kier alpha value is -1.57. The van der Waals surface area contributed by atoms with Crippen LogP contribution < -0.4 is 10.5 Å². The summed E-state index contributed by atoms with van der Waals surface area (Å²) in [5.74, 6) is 0.577. The molecule has 0 amide bonds. The number of aromatic nitrogens is 1. The number of benzene rings is 1. The van der Waals surface area contributed by atoms with Gasteiger partial charge in [0.1, 0.15) is 10.7 Å². The van der Waals surface area contributed by atoms with Crippen LogP contribution in [0.1, 0.15) is 17.0 Å². The van der Waals surface area contributed by atoms with E-state index in [1.54, 1.807) is 13.8 Å². The van der Waals surface area contributed by atoms with Crippen LogP contribution in [0.5, 0.6) is 0 Å². The van der Waals surface area contributed by atoms with E-state index in [4.69, 9.17) is 21.9 Å². The van der Waals surface area contributed by atoms with Crippen molar-refractivity contribution in [3.05, 3.63) is 40.2 Å². The van der Waals surface area contributed by atoms with Crippen LogP contribution in [0.3, 0.4) is 0 Å². The Kier molecular flexibility index (Phi) is 4.03. The first kappa shape index (κ1) is 14.8. The highest BCUT2D eigenvalue weighted by atomic mass is 35.5. The molecule has 0 atom stereocenters. The predicted octanol–water partition coefficient (Wildman–Crippen LogP) is 2.01. The fourth-order valence-corrected chi connectivity index (χ4v) is 3.28. The Balaban J connectivity index is 2.24. The van der Waals surface area contributed by atoms with E-state index in [1.807, 2.05) is 0 Å². The van der Waals surface area contributed by atoms with Gasteiger partial charge in [-0.2, -0.15) is 0 Å². The van der Waals surface area contributed by atoms with Gasteiger partial charge in [-0.1, -0.05) is 16.8 Å². The largest absolute Gasteiger partial charge is 0.399 e. The standard InChI is InChI=1S/C12H14ClN3O3S/c1-7-10(8(2)19-16-7)6-15-20(17,18)12-4-3-9(14)5-11(12)13/h3-5,15H,6,14H2,1-2H3. The summed E-state index contributed by atoms with van der Waals surface area (Å²) in [7, 11) is -3.72. The van der Waals surface area contributed by atoms with Crippen molar-refractivity contribution < 1.29 is 12.9 Å². The van der Waals surface area contributed by atoms with Crippen molar-refractivity contribution in [3.8, 4) is 0 Å². The zero-order valence-electron chi connectivity index (χ0n) is 11.0. The van der Waals surface area contributed by atoms with Crippen LogP contribution in [0.15, 0.2) is 27.6 Å². The lowest BCUT2D eigenvalue weighted by Gasteiger charge is -2.08. The molecule has 0 aliphatic rings. The van der Waals surface area contributed by atoms with Crippen molar-refractivity contribution in [2.24, 2.45) is 0 Å². The van der Waals surface area contributed by atoms with Crippen molar-refractivity contribution in [2.45, 2.75) is 25.3 Å². The van der Waals surface area contributed by atoms with Crippen LogP contribution in [0, 0.1) is 13.8 Å². The molecule has 0 bridgehead atoms. The highest BCUT2D eigenvalue weighted by Gasteiger charge is 2.19. The summed E-state index contributed by atoms with van der Waals surface area (Å²) in [6, 6.07) is 4.25. The summed E-state index contributed by atoms with van der Waals surface area (Å²) in [4.78, 5) is -0.0138. The number of anilines is 1. The van der Waals surface area contributed by atoms with Crippen LogP contribution in [-0.2, 0) is 16.6 Å². The minimum atomic E-state index is -3.72. The topological polar surface area (TPSA) is 98.2 Å². The molecular weight excluding hydrogens is 302 g/mol. The number of hydrogen-bond acceptors (Lipinski definition) is 5. The number of nitrogens with zero attached hydrogens (tertiary/aromatic N) is 1. The van der Waals surface area contributed by atoms with Crippen molar-refractivity contribution in [2.75, 3.05) is 5.73 Å². The number of rotatable bonds is 4. The average Bonchev–Trinajstić information content (AvgIpc) is 2.66. The van der Waals surface area contributed by atoms with Gasteiger partial charge in [-0.15, -0.1) is 0 Å². The third kappa shape index (κ3) is 2.95. The zero-order valence-corrected chi connectivity index (χ0v) is 12.5. The lowest BCUT2D eigenvalue weighted by atomic mass is 10.2. The van der Waals surface area contributed by atoms with Crippen LogP contribution in [0.25, 0.3) is 0 Å². The summed E-state index contributed by atoms with van der Waals surface area (Å²) in [5, 5.41) is 3.85. The molecule has 6 nitrogen and oxygen atoms in total. The summed E-state index contributed by atoms with van der Waals surface area (Å²) >= 11 is 5.91. The van der Waals surface area contributed by atoms with Crippen molar-refractivity contribution in [1.82, 2.24) is 9.88 Å². The Morgan fingerprint density at radius 2 is 2.10 bits per heavy atom. The Morgan fingerprint density at radius 3 is 2.65 bits per heavy atom. The summed E-state index contributed by atoms with van der Waals surface area (Å²) in [6.45, 7) is 3.56. The Morgan fingerprint density at radius 1 is 1.40 bits per heavy atom. The SMILES string of the molecule is Cc1noc(C)c1CNS(=O)(=O)c1ccc(N)cc1Cl. The van der Waals surface area contributed by atoms with E-state index < -0.39 is 10.0 Å². The van der Waals surface area contributed by atoms with Crippen molar-refractivity contribution >= 4 is 27.3 Å². The number of nitrogens with one attached hydrogen (secondary N) is 1. The maximum absolute atomic E-state index is 12.2. The monoisotopic (exact) mass is 315 g/mol. The molecule has 1 aromatic carbocycles. The highest BCUT2D eigenvalue weighted by Crippen LogP contribution is 2.24. The van der Waals surface area contributed by atoms with Gasteiger partial charge in [-0.3, -0.25) is 0 Å². The molecule has 0 fully saturated rings. The molecule has 2 rings (SSSR count). The molecular formula is C12H14ClN3O3S. The molecule has 1 aromatic heterocycles. The average molecular weight is 316 g/mol. The smallest absolute Gasteiger partial charge is 0.242 e. The van der Waals surface area contributed by atoms with Gasteiger partial charge in [0.15, 0.2) is 0 Å². The van der Waals surface area contributed by atoms with E-state index >= 15 is 0 Å². The minimum Gasteiger partial charge on any atom is -0.399 e. The van der Waals surface area contributed by atoms with Crippen molar-refractivity contribution in [1.29, 1.82) is 0 Å². The van der Waals surface area contributed by atoms with Gasteiger partial charge in [0.2, 0.25) is 10.0 Å². The van der Waals surface area contributed by atoms with Crippen LogP contribution in [0.4, 0.5) is 5.69 Å². The molecule has 0 aliphatic carbocycles. The molecule has 2 aromatic rings. The van der Waals surface area contributed by atoms with E-state index in [9.17, 15) is 8.42 Å². The first-order chi connectivity index (χ1) is 9.31. The van der Waals surface area contributed by atoms with Gasteiger partial charge in [0.05, 0.1) is 10.7 Å². The second-order valence-electron chi connectivity index (χ2n) is 4.32. The van der Waals surface area contributed by atoms with E-state index in [1.165, 1.54) is 18.2 Å². The van der Waals surface area contributed by atoms with Gasteiger partial charge in [0, 0.05) is 17.8 Å². The van der Waals surface area contributed by atoms with E-state index in [-0.39, 0.29) is 16.5 Å². The summed E-state index contributed by atoms with van der Waals surface area (Å²) in [6.07, 6.45) is 0. The number of sulfonamides is 1. The third-order valence-corrected chi connectivity index (χ3v) is 4.75. The maximum atomic E-state index is 12.2. The maximum Gasteiger partial charge on any atom is 0.242 e. The summed E-state index contributed by atoms with van der Waals surface area (Å²) in [5.41, 5.74) is 7.30. The van der Waals surface area contributed by atoms with Gasteiger partial charge < -0.3 is 10.3 Å². The molecule has 0 radical (unpaired) electrons. The number of nitrogen functional groups attached to an aromatic ring is 1. The molecule has 108 valence electrons. The molecule has 0 saturated carbocycles. The van der Waals surface area contributed by atoms with Gasteiger partial charge in [-0.05, 0) is 32.0 Å². The molecule has 0 saturated heterocycles. The van der Waals surface area contributed by atoms with Crippen LogP contribution >= 0.6 is 11.6 Å². The summed E-state index contributed by atoms with van der Waals surface area (Å²) < 4.78 is 31.8. The normalized spacial score (nSPS) is 11.8. The minimum absolute atomic E-state index is 0.0138. The Labute approximate surface area is 122 Å². The second kappa shape index (κ2) is 5.43. The first-order valence-corrected chi connectivity index (χ1v) is 7.64. The molecule has 0 spiro atoms. The third-order valence-electron chi connectivity index (χ3n) is 2.87. The van der Waals surface area contributed by atoms with Crippen LogP contribution in [-0.4, -0.2) is 13.6 Å². The quantitative estimate of drug-likeness (QED) is 0.841. The zero-order chi connectivity index (χ0) is 14.9. The number of halogens is 1. The second-order valence-corrected chi connectivity index (χ2v) is 6.46. The first-order valence-electron chi connectivity index (χ1n) is 5.77. The van der Waals surface area contributed by atoms with Gasteiger partial charge >= 0.3 is 0 Å². The number of aryl methyl sites for hydroxylation is 2. The molecule has 20 heavy (non-hydrogen) atoms. The van der Waals surface area contributed by atoms with Gasteiger partial charge in [0.25, 0.3) is 0 Å². The molecule has 0 aliphatic heterocycles. The fraction of sp³-hybridized carbons (Fsp3) is 0.250. The highest BCUT2D eigenvalue weighted by molar-refractivity contribution is 7.89. The lowest BCUT2D eigenvalue weighted by molar-refractivity contribution is 0.392. The molecule has 1 heterocycles. The van der Waals surface area contributed by atoms with E-state index in [0.717, 1.165) is 0 Å². The van der Waals surface area contributed by atoms with Crippen LogP contribution in [0.2, 0.25) is 5.02 Å². The molecule has 0 unspecified atom stereocenters. The number of nitrogens with two attached hydrogens (primary N) is 1. The Bertz CT molecular complexity index is 721.